The van der Waals surface area contributed by atoms with E-state index >= 15 is 0 Å². The molecule has 1 amide bonds. The van der Waals surface area contributed by atoms with Gasteiger partial charge in [-0.25, -0.2) is 0 Å². The van der Waals surface area contributed by atoms with E-state index in [2.05, 4.69) is 11.8 Å². The molecule has 4 rings (SSSR count). The number of benzene rings is 1. The number of ketones is 2. The predicted molar refractivity (Wildman–Crippen MR) is 105 cm³/mol. The van der Waals surface area contributed by atoms with Crippen molar-refractivity contribution in [2.45, 2.75) is 24.9 Å². The lowest BCUT2D eigenvalue weighted by Crippen LogP contribution is -2.58. The fourth-order valence-electron chi connectivity index (χ4n) is 4.87. The van der Waals surface area contributed by atoms with E-state index in [4.69, 9.17) is 10.8 Å². The third-order valence-corrected chi connectivity index (χ3v) is 6.25. The van der Waals surface area contributed by atoms with Crippen molar-refractivity contribution in [2.75, 3.05) is 6.61 Å². The number of primary amides is 1. The molecule has 3 aliphatic rings. The van der Waals surface area contributed by atoms with Crippen LogP contribution in [0, 0.1) is 23.7 Å². The van der Waals surface area contributed by atoms with Gasteiger partial charge in [0.15, 0.2) is 11.4 Å². The highest BCUT2D eigenvalue weighted by molar-refractivity contribution is 6.22. The molecule has 9 heteroatoms. The summed E-state index contributed by atoms with van der Waals surface area (Å²) in [4.78, 5) is 37.2. The SMILES string of the molecule is NC(=O)C1=C(O)[C@@]2(O)C(=O)C3=C(O)c4c(O)ccc(C#CCO)c4C[C@H]3C[C@H]2CC1=O. The first-order valence-electron chi connectivity index (χ1n) is 9.54. The number of amides is 1. The molecule has 0 unspecified atom stereocenters. The van der Waals surface area contributed by atoms with Crippen LogP contribution in [0.5, 0.6) is 5.75 Å². The molecular weight excluding hydrogens is 406 g/mol. The molecule has 0 aromatic heterocycles. The Bertz CT molecular complexity index is 1180. The molecule has 3 atom stereocenters. The van der Waals surface area contributed by atoms with Gasteiger partial charge in [0.2, 0.25) is 5.78 Å². The Hall–Kier alpha value is -3.61. The molecule has 31 heavy (non-hydrogen) atoms. The van der Waals surface area contributed by atoms with Gasteiger partial charge >= 0.3 is 0 Å². The lowest BCUT2D eigenvalue weighted by atomic mass is 9.59. The number of nitrogens with two attached hydrogens (primary N) is 1. The van der Waals surface area contributed by atoms with E-state index in [0.717, 1.165) is 0 Å². The number of hydrogen-bond acceptors (Lipinski definition) is 8. The molecule has 0 aliphatic heterocycles. The Morgan fingerprint density at radius 3 is 2.55 bits per heavy atom. The summed E-state index contributed by atoms with van der Waals surface area (Å²) < 4.78 is 0. The van der Waals surface area contributed by atoms with Gasteiger partial charge in [0, 0.05) is 23.5 Å². The Morgan fingerprint density at radius 1 is 1.19 bits per heavy atom. The second-order valence-corrected chi connectivity index (χ2v) is 7.85. The van der Waals surface area contributed by atoms with Crippen molar-refractivity contribution < 1.29 is 39.9 Å². The molecule has 9 nitrogen and oxygen atoms in total. The zero-order chi connectivity index (χ0) is 22.7. The molecule has 1 saturated carbocycles. The van der Waals surface area contributed by atoms with Gasteiger partial charge in [0.25, 0.3) is 5.91 Å². The van der Waals surface area contributed by atoms with Crippen molar-refractivity contribution in [1.29, 1.82) is 0 Å². The van der Waals surface area contributed by atoms with E-state index in [1.54, 1.807) is 0 Å². The van der Waals surface area contributed by atoms with E-state index in [9.17, 15) is 34.8 Å². The van der Waals surface area contributed by atoms with Gasteiger partial charge in [0.05, 0.1) is 5.56 Å². The summed E-state index contributed by atoms with van der Waals surface area (Å²) in [5.74, 6) is -1.49. The molecule has 1 aromatic carbocycles. The lowest BCUT2D eigenvalue weighted by molar-refractivity contribution is -0.147. The van der Waals surface area contributed by atoms with Crippen LogP contribution in [0.2, 0.25) is 0 Å². The molecule has 160 valence electrons. The first kappa shape index (κ1) is 20.7. The Kier molecular flexibility index (Phi) is 4.65. The highest BCUT2D eigenvalue weighted by Crippen LogP contribution is 2.52. The number of Topliss-reactive ketones (excluding diaryl/α,β-unsaturated/α-hetero) is 2. The summed E-state index contributed by atoms with van der Waals surface area (Å²) in [6.45, 7) is -0.393. The Labute approximate surface area is 176 Å². The summed E-state index contributed by atoms with van der Waals surface area (Å²) >= 11 is 0. The van der Waals surface area contributed by atoms with Crippen LogP contribution in [0.3, 0.4) is 0 Å². The largest absolute Gasteiger partial charge is 0.508 e. The predicted octanol–water partition coefficient (Wildman–Crippen LogP) is -0.232. The van der Waals surface area contributed by atoms with Gasteiger partial charge in [-0.15, -0.1) is 0 Å². The highest BCUT2D eigenvalue weighted by atomic mass is 16.3. The zero-order valence-electron chi connectivity index (χ0n) is 16.2. The van der Waals surface area contributed by atoms with Crippen LogP contribution in [0.25, 0.3) is 5.76 Å². The number of phenolic OH excluding ortho intramolecular Hbond substituents is 1. The molecule has 1 fully saturated rings. The topological polar surface area (TPSA) is 178 Å². The van der Waals surface area contributed by atoms with Crippen molar-refractivity contribution in [3.05, 3.63) is 45.7 Å². The third kappa shape index (κ3) is 2.76. The molecular formula is C22H19NO8. The number of phenols is 1. The molecule has 0 saturated heterocycles. The second-order valence-electron chi connectivity index (χ2n) is 7.85. The van der Waals surface area contributed by atoms with Crippen LogP contribution in [0.15, 0.2) is 29.0 Å². The van der Waals surface area contributed by atoms with Crippen LogP contribution in [0.1, 0.15) is 29.5 Å². The van der Waals surface area contributed by atoms with Crippen molar-refractivity contribution in [1.82, 2.24) is 0 Å². The molecule has 1 aromatic rings. The summed E-state index contributed by atoms with van der Waals surface area (Å²) in [6, 6.07) is 2.80. The smallest absolute Gasteiger partial charge is 0.255 e. The fourth-order valence-corrected chi connectivity index (χ4v) is 4.87. The van der Waals surface area contributed by atoms with Crippen molar-refractivity contribution in [3.8, 4) is 17.6 Å². The highest BCUT2D eigenvalue weighted by Gasteiger charge is 2.60. The number of hydrogen-bond donors (Lipinski definition) is 6. The first-order chi connectivity index (χ1) is 14.6. The van der Waals surface area contributed by atoms with Crippen molar-refractivity contribution in [3.63, 3.8) is 0 Å². The van der Waals surface area contributed by atoms with Gasteiger partial charge in [0.1, 0.15) is 29.4 Å². The van der Waals surface area contributed by atoms with Gasteiger partial charge < -0.3 is 31.3 Å². The van der Waals surface area contributed by atoms with Gasteiger partial charge in [-0.2, -0.15) is 0 Å². The quantitative estimate of drug-likeness (QED) is 0.264. The van der Waals surface area contributed by atoms with E-state index in [0.29, 0.717) is 11.1 Å². The minimum Gasteiger partial charge on any atom is -0.508 e. The molecule has 0 heterocycles. The number of rotatable bonds is 1. The van der Waals surface area contributed by atoms with Gasteiger partial charge in [-0.1, -0.05) is 11.8 Å². The van der Waals surface area contributed by atoms with Crippen LogP contribution in [-0.4, -0.2) is 55.2 Å². The van der Waals surface area contributed by atoms with Crippen LogP contribution in [-0.2, 0) is 20.8 Å². The zero-order valence-corrected chi connectivity index (χ0v) is 16.2. The minimum absolute atomic E-state index is 0.0307. The summed E-state index contributed by atoms with van der Waals surface area (Å²) in [6.07, 6.45) is -0.164. The number of aliphatic hydroxyl groups is 4. The van der Waals surface area contributed by atoms with Gasteiger partial charge in [-0.3, -0.25) is 14.4 Å². The lowest BCUT2D eigenvalue weighted by Gasteiger charge is -2.46. The van der Waals surface area contributed by atoms with Crippen molar-refractivity contribution >= 4 is 23.2 Å². The first-order valence-corrected chi connectivity index (χ1v) is 9.54. The maximum absolute atomic E-state index is 13.3. The van der Waals surface area contributed by atoms with E-state index in [1.807, 2.05) is 0 Å². The fraction of sp³-hybridized carbons (Fsp3) is 0.318. The Balaban J connectivity index is 1.93. The molecule has 0 spiro atoms. The standard InChI is InChI=1S/C22H19NO8/c23-21(30)17-14(26)8-11-6-10-7-12-9(2-1-5-24)3-4-13(25)16(12)18(27)15(10)19(28)22(11,31)20(17)29/h3-4,10-11,24-25,27,29,31H,5-8H2,(H2,23,30)/t10-,11+,22+/m1/s1. The van der Waals surface area contributed by atoms with Crippen LogP contribution in [0.4, 0.5) is 0 Å². The van der Waals surface area contributed by atoms with Gasteiger partial charge in [-0.05, 0) is 36.5 Å². The second kappa shape index (κ2) is 6.97. The molecule has 0 radical (unpaired) electrons. The number of carbonyl (C=O) groups excluding carboxylic acids is 3. The van der Waals surface area contributed by atoms with Crippen molar-refractivity contribution in [2.24, 2.45) is 17.6 Å². The average Bonchev–Trinajstić information content (AvgIpc) is 2.70. The number of fused-ring (bicyclic) bond motifs is 3. The summed E-state index contributed by atoms with van der Waals surface area (Å²) in [5.41, 5.74) is 2.40. The maximum atomic E-state index is 13.3. The molecule has 3 aliphatic carbocycles. The normalized spacial score (nSPS) is 27.2. The average molecular weight is 425 g/mol. The molecule has 0 bridgehead atoms. The van der Waals surface area contributed by atoms with Crippen LogP contribution >= 0.6 is 0 Å². The van der Waals surface area contributed by atoms with E-state index in [-0.39, 0.29) is 36.1 Å². The monoisotopic (exact) mass is 425 g/mol. The summed E-state index contributed by atoms with van der Waals surface area (Å²) in [5, 5.41) is 51.8. The number of aromatic hydroxyl groups is 1. The summed E-state index contributed by atoms with van der Waals surface area (Å²) in [7, 11) is 0. The minimum atomic E-state index is -2.58. The van der Waals surface area contributed by atoms with E-state index < -0.39 is 58.6 Å². The Morgan fingerprint density at radius 2 is 1.90 bits per heavy atom. The maximum Gasteiger partial charge on any atom is 0.255 e. The van der Waals surface area contributed by atoms with E-state index in [1.165, 1.54) is 12.1 Å². The van der Waals surface area contributed by atoms with Crippen LogP contribution < -0.4 is 5.73 Å². The third-order valence-electron chi connectivity index (χ3n) is 6.25. The number of aliphatic hydroxyl groups excluding tert-OH is 3. The molecule has 7 N–H and O–H groups in total. The number of carbonyl (C=O) groups is 3.